The van der Waals surface area contributed by atoms with Gasteiger partial charge in [0, 0.05) is 34.3 Å². The van der Waals surface area contributed by atoms with Gasteiger partial charge in [0.15, 0.2) is 6.61 Å². The molecule has 0 saturated heterocycles. The summed E-state index contributed by atoms with van der Waals surface area (Å²) in [4.78, 5) is 36.7. The van der Waals surface area contributed by atoms with Gasteiger partial charge in [-0.25, -0.2) is 0 Å². The van der Waals surface area contributed by atoms with Crippen LogP contribution in [0.3, 0.4) is 0 Å². The van der Waals surface area contributed by atoms with Crippen molar-refractivity contribution in [1.29, 1.82) is 0 Å². The summed E-state index contributed by atoms with van der Waals surface area (Å²) >= 11 is 13.7. The molecule has 6 nitrogen and oxygen atoms in total. The first-order chi connectivity index (χ1) is 14.8. The summed E-state index contributed by atoms with van der Waals surface area (Å²) in [5, 5.41) is 8.51. The Morgan fingerprint density at radius 1 is 1.19 bits per heavy atom. The standard InChI is InChI=1S/C22H26Cl2N2O4S/c1-3-5-15(17-8-7-16(23)10-18(17)24)12-25-21(28)13-30-22(29)11-19(26-14(2)27)20-6-4-9-31-20/h4,6-10,15,19H,3,5,11-13H2,1-2H3,(H,25,28)(H,26,27). The summed E-state index contributed by atoms with van der Waals surface area (Å²) in [5.41, 5.74) is 0.916. The lowest BCUT2D eigenvalue weighted by Gasteiger charge is -2.19. The summed E-state index contributed by atoms with van der Waals surface area (Å²) in [5.74, 6) is -1.18. The molecule has 2 amide bonds. The van der Waals surface area contributed by atoms with Gasteiger partial charge in [-0.2, -0.15) is 0 Å². The number of carbonyl (C=O) groups excluding carboxylic acids is 3. The quantitative estimate of drug-likeness (QED) is 0.445. The Morgan fingerprint density at radius 2 is 1.97 bits per heavy atom. The molecule has 0 saturated carbocycles. The van der Waals surface area contributed by atoms with Crippen molar-refractivity contribution < 1.29 is 19.1 Å². The molecule has 168 valence electrons. The van der Waals surface area contributed by atoms with Crippen molar-refractivity contribution in [3.63, 3.8) is 0 Å². The summed E-state index contributed by atoms with van der Waals surface area (Å²) in [6.07, 6.45) is 1.70. The zero-order valence-corrected chi connectivity index (χ0v) is 19.8. The van der Waals surface area contributed by atoms with E-state index in [0.717, 1.165) is 23.3 Å². The van der Waals surface area contributed by atoms with Gasteiger partial charge < -0.3 is 15.4 Å². The van der Waals surface area contributed by atoms with Gasteiger partial charge in [-0.1, -0.05) is 48.7 Å². The molecule has 0 fully saturated rings. The van der Waals surface area contributed by atoms with Gasteiger partial charge in [0.25, 0.3) is 5.91 Å². The van der Waals surface area contributed by atoms with Crippen molar-refractivity contribution >= 4 is 52.3 Å². The van der Waals surface area contributed by atoms with E-state index in [-0.39, 0.29) is 24.9 Å². The first kappa shape index (κ1) is 25.2. The number of halogens is 2. The molecular weight excluding hydrogens is 459 g/mol. The van der Waals surface area contributed by atoms with Gasteiger partial charge in [0.05, 0.1) is 12.5 Å². The van der Waals surface area contributed by atoms with E-state index in [1.807, 2.05) is 23.6 Å². The number of hydrogen-bond donors (Lipinski definition) is 2. The maximum atomic E-state index is 12.2. The van der Waals surface area contributed by atoms with Crippen LogP contribution in [0, 0.1) is 0 Å². The maximum Gasteiger partial charge on any atom is 0.308 e. The maximum absolute atomic E-state index is 12.2. The van der Waals surface area contributed by atoms with Crippen LogP contribution in [-0.4, -0.2) is 30.9 Å². The zero-order valence-electron chi connectivity index (χ0n) is 17.5. The van der Waals surface area contributed by atoms with Crippen LogP contribution in [0.5, 0.6) is 0 Å². The number of esters is 1. The molecule has 9 heteroatoms. The summed E-state index contributed by atoms with van der Waals surface area (Å²) < 4.78 is 5.11. The minimum absolute atomic E-state index is 0.0254. The van der Waals surface area contributed by atoms with Gasteiger partial charge in [0.1, 0.15) is 0 Å². The van der Waals surface area contributed by atoms with Gasteiger partial charge in [-0.3, -0.25) is 14.4 Å². The number of thiophene rings is 1. The Bertz CT molecular complexity index is 890. The zero-order chi connectivity index (χ0) is 22.8. The molecule has 0 aliphatic rings. The van der Waals surface area contributed by atoms with Crippen LogP contribution < -0.4 is 10.6 Å². The third-order valence-electron chi connectivity index (χ3n) is 4.58. The largest absolute Gasteiger partial charge is 0.456 e. The van der Waals surface area contributed by atoms with E-state index < -0.39 is 17.9 Å². The first-order valence-corrected chi connectivity index (χ1v) is 11.6. The van der Waals surface area contributed by atoms with Crippen LogP contribution in [0.2, 0.25) is 10.0 Å². The highest BCUT2D eigenvalue weighted by Gasteiger charge is 2.20. The second kappa shape index (κ2) is 12.7. The topological polar surface area (TPSA) is 84.5 Å². The lowest BCUT2D eigenvalue weighted by atomic mass is 9.94. The van der Waals surface area contributed by atoms with Gasteiger partial charge in [0.2, 0.25) is 5.91 Å². The monoisotopic (exact) mass is 484 g/mol. The molecule has 31 heavy (non-hydrogen) atoms. The van der Waals surface area contributed by atoms with Gasteiger partial charge >= 0.3 is 5.97 Å². The first-order valence-electron chi connectivity index (χ1n) is 9.97. The normalized spacial score (nSPS) is 12.6. The molecule has 1 aromatic heterocycles. The second-order valence-corrected chi connectivity index (χ2v) is 8.91. The lowest BCUT2D eigenvalue weighted by molar-refractivity contribution is -0.149. The van der Waals surface area contributed by atoms with E-state index in [1.165, 1.54) is 18.3 Å². The third kappa shape index (κ3) is 8.51. The predicted octanol–water partition coefficient (Wildman–Crippen LogP) is 4.87. The van der Waals surface area contributed by atoms with Crippen LogP contribution in [0.15, 0.2) is 35.7 Å². The highest BCUT2D eigenvalue weighted by atomic mass is 35.5. The van der Waals surface area contributed by atoms with Gasteiger partial charge in [-0.05, 0) is 35.6 Å². The van der Waals surface area contributed by atoms with Crippen LogP contribution in [-0.2, 0) is 19.1 Å². The molecule has 0 radical (unpaired) electrons. The van der Waals surface area contributed by atoms with Crippen LogP contribution in [0.1, 0.15) is 55.5 Å². The van der Waals surface area contributed by atoms with E-state index in [1.54, 1.807) is 12.1 Å². The minimum Gasteiger partial charge on any atom is -0.456 e. The van der Waals surface area contributed by atoms with Crippen molar-refractivity contribution in [3.05, 3.63) is 56.2 Å². The van der Waals surface area contributed by atoms with Crippen molar-refractivity contribution in [1.82, 2.24) is 10.6 Å². The molecule has 2 aromatic rings. The van der Waals surface area contributed by atoms with Gasteiger partial charge in [-0.15, -0.1) is 11.3 Å². The predicted molar refractivity (Wildman–Crippen MR) is 124 cm³/mol. The summed E-state index contributed by atoms with van der Waals surface area (Å²) in [6, 6.07) is 8.52. The third-order valence-corrected chi connectivity index (χ3v) is 6.13. The summed E-state index contributed by atoms with van der Waals surface area (Å²) in [6.45, 7) is 3.43. The molecule has 2 unspecified atom stereocenters. The Balaban J connectivity index is 1.85. The fourth-order valence-corrected chi connectivity index (χ4v) is 4.51. The molecule has 2 N–H and O–H groups in total. The average molecular weight is 485 g/mol. The molecule has 0 bridgehead atoms. The number of amides is 2. The van der Waals surface area contributed by atoms with Crippen LogP contribution in [0.4, 0.5) is 0 Å². The second-order valence-electron chi connectivity index (χ2n) is 7.09. The number of ether oxygens (including phenoxy) is 1. The van der Waals surface area contributed by atoms with Crippen molar-refractivity contribution in [2.75, 3.05) is 13.2 Å². The van der Waals surface area contributed by atoms with Crippen molar-refractivity contribution in [2.45, 2.75) is 45.1 Å². The Kier molecular flexibility index (Phi) is 10.3. The average Bonchev–Trinajstić information content (AvgIpc) is 3.24. The Morgan fingerprint density at radius 3 is 2.58 bits per heavy atom. The number of rotatable bonds is 11. The fraction of sp³-hybridized carbons (Fsp3) is 0.409. The summed E-state index contributed by atoms with van der Waals surface area (Å²) in [7, 11) is 0. The number of nitrogens with one attached hydrogen (secondary N) is 2. The highest BCUT2D eigenvalue weighted by molar-refractivity contribution is 7.10. The highest BCUT2D eigenvalue weighted by Crippen LogP contribution is 2.30. The molecule has 2 rings (SSSR count). The van der Waals surface area contributed by atoms with E-state index in [0.29, 0.717) is 16.6 Å². The smallest absolute Gasteiger partial charge is 0.308 e. The van der Waals surface area contributed by atoms with E-state index in [2.05, 4.69) is 17.6 Å². The number of carbonyl (C=O) groups is 3. The van der Waals surface area contributed by atoms with Crippen LogP contribution >= 0.6 is 34.5 Å². The molecular formula is C22H26Cl2N2O4S. The number of hydrogen-bond acceptors (Lipinski definition) is 5. The molecule has 1 aromatic carbocycles. The number of benzene rings is 1. The Labute approximate surface area is 196 Å². The molecule has 1 heterocycles. The fourth-order valence-electron chi connectivity index (χ4n) is 3.17. The van der Waals surface area contributed by atoms with Crippen LogP contribution in [0.25, 0.3) is 0 Å². The molecule has 0 spiro atoms. The van der Waals surface area contributed by atoms with Crippen molar-refractivity contribution in [2.24, 2.45) is 0 Å². The molecule has 0 aliphatic carbocycles. The molecule has 0 aliphatic heterocycles. The SMILES string of the molecule is CCCC(CNC(=O)COC(=O)CC(NC(C)=O)c1cccs1)c1ccc(Cl)cc1Cl. The molecule has 2 atom stereocenters. The van der Waals surface area contributed by atoms with E-state index >= 15 is 0 Å². The van der Waals surface area contributed by atoms with E-state index in [9.17, 15) is 14.4 Å². The lowest BCUT2D eigenvalue weighted by Crippen LogP contribution is -2.33. The van der Waals surface area contributed by atoms with E-state index in [4.69, 9.17) is 27.9 Å². The minimum atomic E-state index is -0.562. The van der Waals surface area contributed by atoms with Crippen molar-refractivity contribution in [3.8, 4) is 0 Å². The Hall–Kier alpha value is -2.09.